The Bertz CT molecular complexity index is 497. The standard InChI is InChI=1S/C14H15ClN2/c15-13-6-3-7-14(8-13)17-10-12-5-2-1-4-11(12)9-16/h1-8,17H,9-10,16H2. The van der Waals surface area contributed by atoms with Crippen molar-refractivity contribution in [1.82, 2.24) is 0 Å². The minimum absolute atomic E-state index is 0.563. The number of benzene rings is 2. The second-order valence-electron chi connectivity index (χ2n) is 3.84. The van der Waals surface area contributed by atoms with Crippen molar-refractivity contribution in [3.63, 3.8) is 0 Å². The molecule has 0 aliphatic carbocycles. The lowest BCUT2D eigenvalue weighted by molar-refractivity contribution is 1.01. The van der Waals surface area contributed by atoms with Gasteiger partial charge in [-0.05, 0) is 29.3 Å². The molecule has 2 aromatic rings. The summed E-state index contributed by atoms with van der Waals surface area (Å²) in [6.07, 6.45) is 0. The lowest BCUT2D eigenvalue weighted by Gasteiger charge is -2.10. The van der Waals surface area contributed by atoms with Crippen LogP contribution in [0.25, 0.3) is 0 Å². The molecule has 0 aliphatic rings. The first kappa shape index (κ1) is 12.0. The highest BCUT2D eigenvalue weighted by molar-refractivity contribution is 6.30. The van der Waals surface area contributed by atoms with E-state index in [1.165, 1.54) is 11.1 Å². The van der Waals surface area contributed by atoms with Crippen molar-refractivity contribution in [2.45, 2.75) is 13.1 Å². The maximum Gasteiger partial charge on any atom is 0.0426 e. The number of nitrogens with two attached hydrogens (primary N) is 1. The van der Waals surface area contributed by atoms with E-state index in [2.05, 4.69) is 17.4 Å². The Morgan fingerprint density at radius 3 is 2.47 bits per heavy atom. The van der Waals surface area contributed by atoms with Crippen LogP contribution in [0.2, 0.25) is 5.02 Å². The molecule has 0 spiro atoms. The highest BCUT2D eigenvalue weighted by Gasteiger charge is 1.99. The molecule has 17 heavy (non-hydrogen) atoms. The molecule has 0 saturated carbocycles. The van der Waals surface area contributed by atoms with Gasteiger partial charge in [-0.2, -0.15) is 0 Å². The highest BCUT2D eigenvalue weighted by Crippen LogP contribution is 2.16. The Labute approximate surface area is 106 Å². The van der Waals surface area contributed by atoms with Gasteiger partial charge in [0.2, 0.25) is 0 Å². The number of rotatable bonds is 4. The zero-order valence-electron chi connectivity index (χ0n) is 9.49. The maximum absolute atomic E-state index is 5.93. The summed E-state index contributed by atoms with van der Waals surface area (Å²) >= 11 is 5.93. The number of hydrogen-bond acceptors (Lipinski definition) is 2. The van der Waals surface area contributed by atoms with Crippen molar-refractivity contribution in [3.8, 4) is 0 Å². The van der Waals surface area contributed by atoms with Crippen LogP contribution in [0.3, 0.4) is 0 Å². The third kappa shape index (κ3) is 3.22. The molecule has 0 fully saturated rings. The van der Waals surface area contributed by atoms with Gasteiger partial charge in [-0.25, -0.2) is 0 Å². The summed E-state index contributed by atoms with van der Waals surface area (Å²) in [6, 6.07) is 15.9. The van der Waals surface area contributed by atoms with Crippen LogP contribution in [0, 0.1) is 0 Å². The predicted octanol–water partition coefficient (Wildman–Crippen LogP) is 3.41. The molecule has 2 aromatic carbocycles. The molecule has 0 bridgehead atoms. The minimum atomic E-state index is 0.563. The monoisotopic (exact) mass is 246 g/mol. The number of halogens is 1. The molecule has 0 radical (unpaired) electrons. The summed E-state index contributed by atoms with van der Waals surface area (Å²) in [5.41, 5.74) is 9.10. The van der Waals surface area contributed by atoms with Gasteiger partial charge in [0, 0.05) is 23.8 Å². The molecular formula is C14H15ClN2. The van der Waals surface area contributed by atoms with Crippen LogP contribution in [0.4, 0.5) is 5.69 Å². The van der Waals surface area contributed by atoms with Gasteiger partial charge in [0.25, 0.3) is 0 Å². The van der Waals surface area contributed by atoms with Crippen LogP contribution in [-0.2, 0) is 13.1 Å². The molecule has 2 rings (SSSR count). The normalized spacial score (nSPS) is 10.2. The average Bonchev–Trinajstić information content (AvgIpc) is 2.37. The van der Waals surface area contributed by atoms with Crippen molar-refractivity contribution in [1.29, 1.82) is 0 Å². The van der Waals surface area contributed by atoms with E-state index in [1.807, 2.05) is 36.4 Å². The van der Waals surface area contributed by atoms with Gasteiger partial charge in [-0.15, -0.1) is 0 Å². The van der Waals surface area contributed by atoms with E-state index in [-0.39, 0.29) is 0 Å². The first-order chi connectivity index (χ1) is 8.29. The molecule has 0 saturated heterocycles. The number of anilines is 1. The van der Waals surface area contributed by atoms with Crippen LogP contribution in [0.1, 0.15) is 11.1 Å². The molecule has 0 amide bonds. The van der Waals surface area contributed by atoms with Gasteiger partial charge in [0.1, 0.15) is 0 Å². The van der Waals surface area contributed by atoms with Gasteiger partial charge in [0.15, 0.2) is 0 Å². The minimum Gasteiger partial charge on any atom is -0.381 e. The fraction of sp³-hybridized carbons (Fsp3) is 0.143. The highest BCUT2D eigenvalue weighted by atomic mass is 35.5. The average molecular weight is 247 g/mol. The molecule has 3 N–H and O–H groups in total. The van der Waals surface area contributed by atoms with Crippen molar-refractivity contribution in [2.75, 3.05) is 5.32 Å². The van der Waals surface area contributed by atoms with Crippen LogP contribution < -0.4 is 11.1 Å². The second-order valence-corrected chi connectivity index (χ2v) is 4.27. The molecule has 0 atom stereocenters. The Hall–Kier alpha value is -1.51. The zero-order chi connectivity index (χ0) is 12.1. The number of nitrogens with one attached hydrogen (secondary N) is 1. The maximum atomic E-state index is 5.93. The molecule has 3 heteroatoms. The van der Waals surface area contributed by atoms with Crippen LogP contribution in [0.15, 0.2) is 48.5 Å². The summed E-state index contributed by atoms with van der Waals surface area (Å²) in [6.45, 7) is 1.32. The third-order valence-electron chi connectivity index (χ3n) is 2.65. The quantitative estimate of drug-likeness (QED) is 0.868. The van der Waals surface area contributed by atoms with Gasteiger partial charge in [-0.1, -0.05) is 41.9 Å². The van der Waals surface area contributed by atoms with Crippen LogP contribution >= 0.6 is 11.6 Å². The Morgan fingerprint density at radius 2 is 1.76 bits per heavy atom. The van der Waals surface area contributed by atoms with Crippen LogP contribution in [0.5, 0.6) is 0 Å². The lowest BCUT2D eigenvalue weighted by Crippen LogP contribution is -2.06. The molecule has 0 heterocycles. The molecule has 88 valence electrons. The van der Waals surface area contributed by atoms with E-state index in [0.29, 0.717) is 6.54 Å². The first-order valence-electron chi connectivity index (χ1n) is 5.56. The van der Waals surface area contributed by atoms with E-state index >= 15 is 0 Å². The predicted molar refractivity (Wildman–Crippen MR) is 73.1 cm³/mol. The van der Waals surface area contributed by atoms with E-state index < -0.39 is 0 Å². The van der Waals surface area contributed by atoms with E-state index in [1.54, 1.807) is 0 Å². The van der Waals surface area contributed by atoms with Gasteiger partial charge < -0.3 is 11.1 Å². The van der Waals surface area contributed by atoms with Crippen LogP contribution in [-0.4, -0.2) is 0 Å². The SMILES string of the molecule is NCc1ccccc1CNc1cccc(Cl)c1. The summed E-state index contributed by atoms with van der Waals surface area (Å²) in [4.78, 5) is 0. The summed E-state index contributed by atoms with van der Waals surface area (Å²) in [7, 11) is 0. The summed E-state index contributed by atoms with van der Waals surface area (Å²) < 4.78 is 0. The summed E-state index contributed by atoms with van der Waals surface area (Å²) in [5.74, 6) is 0. The fourth-order valence-electron chi connectivity index (χ4n) is 1.72. The zero-order valence-corrected chi connectivity index (χ0v) is 10.2. The van der Waals surface area contributed by atoms with Crippen molar-refractivity contribution in [3.05, 3.63) is 64.7 Å². The Kier molecular flexibility index (Phi) is 4.02. The number of hydrogen-bond donors (Lipinski definition) is 2. The Balaban J connectivity index is 2.07. The fourth-order valence-corrected chi connectivity index (χ4v) is 1.92. The van der Waals surface area contributed by atoms with Crippen molar-refractivity contribution in [2.24, 2.45) is 5.73 Å². The molecule has 0 aliphatic heterocycles. The van der Waals surface area contributed by atoms with E-state index in [0.717, 1.165) is 17.3 Å². The van der Waals surface area contributed by atoms with Crippen molar-refractivity contribution < 1.29 is 0 Å². The molecular weight excluding hydrogens is 232 g/mol. The van der Waals surface area contributed by atoms with Gasteiger partial charge >= 0.3 is 0 Å². The third-order valence-corrected chi connectivity index (χ3v) is 2.88. The van der Waals surface area contributed by atoms with Gasteiger partial charge in [0.05, 0.1) is 0 Å². The second kappa shape index (κ2) is 5.71. The van der Waals surface area contributed by atoms with Gasteiger partial charge in [-0.3, -0.25) is 0 Å². The molecule has 2 nitrogen and oxygen atoms in total. The molecule has 0 unspecified atom stereocenters. The largest absolute Gasteiger partial charge is 0.381 e. The molecule has 0 aromatic heterocycles. The smallest absolute Gasteiger partial charge is 0.0426 e. The summed E-state index contributed by atoms with van der Waals surface area (Å²) in [5, 5.41) is 4.07. The first-order valence-corrected chi connectivity index (χ1v) is 5.93. The lowest BCUT2D eigenvalue weighted by atomic mass is 10.1. The Morgan fingerprint density at radius 1 is 1.00 bits per heavy atom. The topological polar surface area (TPSA) is 38.0 Å². The van der Waals surface area contributed by atoms with E-state index in [4.69, 9.17) is 17.3 Å². The van der Waals surface area contributed by atoms with Crippen molar-refractivity contribution >= 4 is 17.3 Å². The van der Waals surface area contributed by atoms with E-state index in [9.17, 15) is 0 Å².